The maximum Gasteiger partial charge on any atom is 0.416 e. The Kier molecular flexibility index (Phi) is 6.36. The van der Waals surface area contributed by atoms with E-state index in [-0.39, 0.29) is 25.3 Å². The topological polar surface area (TPSA) is 43.7 Å². The summed E-state index contributed by atoms with van der Waals surface area (Å²) >= 11 is 0. The molecule has 0 aliphatic rings. The molecule has 0 bridgehead atoms. The molecule has 2 N–H and O–H groups in total. The second kappa shape index (κ2) is 8.28. The number of halogens is 3. The van der Waals surface area contributed by atoms with Gasteiger partial charge >= 0.3 is 6.18 Å². The Balaban J connectivity index is 2.15. The van der Waals surface area contributed by atoms with Gasteiger partial charge in [0, 0.05) is 19.6 Å². The molecule has 24 heavy (non-hydrogen) atoms. The van der Waals surface area contributed by atoms with Crippen molar-refractivity contribution in [2.75, 3.05) is 19.7 Å². The molecule has 0 aliphatic carbocycles. The van der Waals surface area contributed by atoms with Crippen molar-refractivity contribution >= 4 is 0 Å². The molecular weight excluding hydrogens is 319 g/mol. The molecular formula is C18H20F3NO2. The second-order valence-electron chi connectivity index (χ2n) is 5.55. The van der Waals surface area contributed by atoms with E-state index in [1.807, 2.05) is 30.3 Å². The van der Waals surface area contributed by atoms with Crippen LogP contribution in [0.5, 0.6) is 0 Å². The number of aliphatic hydroxyl groups is 2. The van der Waals surface area contributed by atoms with Gasteiger partial charge in [0.1, 0.15) is 0 Å². The van der Waals surface area contributed by atoms with Gasteiger partial charge in [-0.1, -0.05) is 48.5 Å². The van der Waals surface area contributed by atoms with Gasteiger partial charge in [0.05, 0.1) is 18.3 Å². The molecule has 2 rings (SSSR count). The average Bonchev–Trinajstić information content (AvgIpc) is 2.55. The molecule has 6 heteroatoms. The summed E-state index contributed by atoms with van der Waals surface area (Å²) in [4.78, 5) is 1.73. The summed E-state index contributed by atoms with van der Waals surface area (Å²) in [6.07, 6.45) is -5.81. The summed E-state index contributed by atoms with van der Waals surface area (Å²) in [5.74, 6) is 0. The third-order valence-electron chi connectivity index (χ3n) is 3.72. The van der Waals surface area contributed by atoms with Crippen LogP contribution in [0.25, 0.3) is 0 Å². The lowest BCUT2D eigenvalue weighted by atomic mass is 10.0. The van der Waals surface area contributed by atoms with Crippen molar-refractivity contribution in [3.63, 3.8) is 0 Å². The third kappa shape index (κ3) is 5.06. The molecule has 0 radical (unpaired) electrons. The van der Waals surface area contributed by atoms with Crippen LogP contribution in [0.3, 0.4) is 0 Å². The quantitative estimate of drug-likeness (QED) is 0.814. The lowest BCUT2D eigenvalue weighted by Gasteiger charge is -2.26. The van der Waals surface area contributed by atoms with Crippen LogP contribution in [-0.4, -0.2) is 34.8 Å². The first kappa shape index (κ1) is 18.4. The first-order chi connectivity index (χ1) is 11.4. The van der Waals surface area contributed by atoms with Crippen LogP contribution in [0.2, 0.25) is 0 Å². The van der Waals surface area contributed by atoms with Crippen LogP contribution in [0, 0.1) is 0 Å². The van der Waals surface area contributed by atoms with Crippen molar-refractivity contribution in [2.24, 2.45) is 0 Å². The average molecular weight is 339 g/mol. The van der Waals surface area contributed by atoms with E-state index in [0.29, 0.717) is 6.54 Å². The zero-order chi connectivity index (χ0) is 17.6. The highest BCUT2D eigenvalue weighted by Crippen LogP contribution is 2.34. The van der Waals surface area contributed by atoms with Gasteiger partial charge < -0.3 is 10.2 Å². The molecule has 0 saturated carbocycles. The molecule has 1 unspecified atom stereocenters. The SMILES string of the molecule is OCCN(Cc1ccccc1)CC(O)c1ccccc1C(F)(F)F. The van der Waals surface area contributed by atoms with Gasteiger partial charge in [-0.15, -0.1) is 0 Å². The van der Waals surface area contributed by atoms with E-state index in [2.05, 4.69) is 0 Å². The summed E-state index contributed by atoms with van der Waals surface area (Å²) in [6, 6.07) is 14.4. The number of hydrogen-bond donors (Lipinski definition) is 2. The summed E-state index contributed by atoms with van der Waals surface area (Å²) < 4.78 is 39.2. The van der Waals surface area contributed by atoms with E-state index in [1.54, 1.807) is 4.90 Å². The first-order valence-electron chi connectivity index (χ1n) is 7.63. The Morgan fingerprint density at radius 2 is 1.58 bits per heavy atom. The summed E-state index contributed by atoms with van der Waals surface area (Å²) in [6.45, 7) is 0.565. The highest BCUT2D eigenvalue weighted by Gasteiger charge is 2.34. The van der Waals surface area contributed by atoms with Crippen molar-refractivity contribution in [1.29, 1.82) is 0 Å². The molecule has 0 heterocycles. The largest absolute Gasteiger partial charge is 0.416 e. The van der Waals surface area contributed by atoms with Crippen LogP contribution >= 0.6 is 0 Å². The molecule has 0 fully saturated rings. The van der Waals surface area contributed by atoms with E-state index < -0.39 is 17.8 Å². The molecule has 3 nitrogen and oxygen atoms in total. The maximum atomic E-state index is 13.1. The van der Waals surface area contributed by atoms with E-state index in [0.717, 1.165) is 11.6 Å². The molecule has 130 valence electrons. The van der Waals surface area contributed by atoms with Crippen LogP contribution in [0.15, 0.2) is 54.6 Å². The Morgan fingerprint density at radius 1 is 0.958 bits per heavy atom. The Labute approximate surface area is 139 Å². The fourth-order valence-corrected chi connectivity index (χ4v) is 2.61. The summed E-state index contributed by atoms with van der Waals surface area (Å²) in [7, 11) is 0. The Hall–Kier alpha value is -1.89. The normalized spacial score (nSPS) is 13.2. The summed E-state index contributed by atoms with van der Waals surface area (Å²) in [5, 5.41) is 19.5. The minimum absolute atomic E-state index is 0.00253. The molecule has 0 saturated heterocycles. The van der Waals surface area contributed by atoms with Crippen molar-refractivity contribution in [1.82, 2.24) is 4.90 Å². The standard InChI is InChI=1S/C18H20F3NO2/c19-18(20,21)16-9-5-4-8-15(16)17(24)13-22(10-11-23)12-14-6-2-1-3-7-14/h1-9,17,23-24H,10-13H2. The van der Waals surface area contributed by atoms with Crippen molar-refractivity contribution in [3.05, 3.63) is 71.3 Å². The monoisotopic (exact) mass is 339 g/mol. The van der Waals surface area contributed by atoms with E-state index in [9.17, 15) is 23.4 Å². The lowest BCUT2D eigenvalue weighted by molar-refractivity contribution is -0.139. The van der Waals surface area contributed by atoms with E-state index >= 15 is 0 Å². The molecule has 0 aliphatic heterocycles. The maximum absolute atomic E-state index is 13.1. The summed E-state index contributed by atoms with van der Waals surface area (Å²) in [5.41, 5.74) is -0.0237. The van der Waals surface area contributed by atoms with Gasteiger partial charge in [0.25, 0.3) is 0 Å². The number of aliphatic hydroxyl groups excluding tert-OH is 2. The number of nitrogens with zero attached hydrogens (tertiary/aromatic N) is 1. The minimum Gasteiger partial charge on any atom is -0.395 e. The zero-order valence-electron chi connectivity index (χ0n) is 13.1. The number of benzene rings is 2. The smallest absolute Gasteiger partial charge is 0.395 e. The zero-order valence-corrected chi connectivity index (χ0v) is 13.1. The Morgan fingerprint density at radius 3 is 2.21 bits per heavy atom. The van der Waals surface area contributed by atoms with Gasteiger partial charge in [-0.05, 0) is 17.2 Å². The molecule has 0 spiro atoms. The van der Waals surface area contributed by atoms with Crippen LogP contribution in [0.4, 0.5) is 13.2 Å². The first-order valence-corrected chi connectivity index (χ1v) is 7.63. The predicted octanol–water partition coefficient (Wildman–Crippen LogP) is 3.23. The molecule has 2 aromatic rings. The highest BCUT2D eigenvalue weighted by atomic mass is 19.4. The number of hydrogen-bond acceptors (Lipinski definition) is 3. The van der Waals surface area contributed by atoms with Crippen LogP contribution < -0.4 is 0 Å². The van der Waals surface area contributed by atoms with Crippen LogP contribution in [0.1, 0.15) is 22.8 Å². The van der Waals surface area contributed by atoms with Crippen LogP contribution in [-0.2, 0) is 12.7 Å². The molecule has 0 amide bonds. The Bertz CT molecular complexity index is 632. The minimum atomic E-state index is -4.52. The van der Waals surface area contributed by atoms with E-state index in [1.165, 1.54) is 18.2 Å². The van der Waals surface area contributed by atoms with Crippen molar-refractivity contribution < 1.29 is 23.4 Å². The van der Waals surface area contributed by atoms with Gasteiger partial charge in [0.15, 0.2) is 0 Å². The fourth-order valence-electron chi connectivity index (χ4n) is 2.61. The van der Waals surface area contributed by atoms with Crippen molar-refractivity contribution in [3.8, 4) is 0 Å². The van der Waals surface area contributed by atoms with E-state index in [4.69, 9.17) is 0 Å². The lowest BCUT2D eigenvalue weighted by Crippen LogP contribution is -2.31. The van der Waals surface area contributed by atoms with Gasteiger partial charge in [-0.2, -0.15) is 13.2 Å². The van der Waals surface area contributed by atoms with Gasteiger partial charge in [0.2, 0.25) is 0 Å². The van der Waals surface area contributed by atoms with Gasteiger partial charge in [-0.25, -0.2) is 0 Å². The third-order valence-corrected chi connectivity index (χ3v) is 3.72. The molecule has 0 aromatic heterocycles. The second-order valence-corrected chi connectivity index (χ2v) is 5.55. The highest BCUT2D eigenvalue weighted by molar-refractivity contribution is 5.31. The van der Waals surface area contributed by atoms with Crippen molar-refractivity contribution in [2.45, 2.75) is 18.8 Å². The van der Waals surface area contributed by atoms with Gasteiger partial charge in [-0.3, -0.25) is 4.90 Å². The predicted molar refractivity (Wildman–Crippen MR) is 85.2 cm³/mol. The molecule has 2 aromatic carbocycles. The number of alkyl halides is 3. The number of rotatable bonds is 7. The molecule has 1 atom stereocenters. The fraction of sp³-hybridized carbons (Fsp3) is 0.333.